The Kier molecular flexibility index (Phi) is 6.20. The lowest BCUT2D eigenvalue weighted by molar-refractivity contribution is 0.122. The number of morpholine rings is 1. The summed E-state index contributed by atoms with van der Waals surface area (Å²) in [5, 5.41) is 0. The quantitative estimate of drug-likeness (QED) is 0.765. The van der Waals surface area contributed by atoms with Crippen molar-refractivity contribution in [1.29, 1.82) is 0 Å². The number of halogens is 2. The predicted octanol–water partition coefficient (Wildman–Crippen LogP) is 2.69. The van der Waals surface area contributed by atoms with E-state index in [0.717, 1.165) is 56.4 Å². The van der Waals surface area contributed by atoms with Crippen molar-refractivity contribution in [3.63, 3.8) is 0 Å². The fourth-order valence-corrected chi connectivity index (χ4v) is 4.00. The molecule has 2 aliphatic rings. The molecule has 0 aliphatic carbocycles. The first-order chi connectivity index (χ1) is 14.1. The number of likely N-dealkylation sites (tertiary alicyclic amines) is 1. The number of anilines is 2. The Morgan fingerprint density at radius 1 is 1.07 bits per heavy atom. The zero-order valence-electron chi connectivity index (χ0n) is 16.7. The zero-order valence-corrected chi connectivity index (χ0v) is 16.7. The topological polar surface area (TPSA) is 44.7 Å². The third-order valence-corrected chi connectivity index (χ3v) is 5.78. The SMILES string of the molecule is CN(c1ccnc(N2CCOCC2)n1)C1CCN(Cc2ccc(F)c(F)c2)CC1. The fraction of sp³-hybridized carbons (Fsp3) is 0.524. The van der Waals surface area contributed by atoms with Gasteiger partial charge in [-0.3, -0.25) is 4.90 Å². The first-order valence-electron chi connectivity index (χ1n) is 10.1. The summed E-state index contributed by atoms with van der Waals surface area (Å²) in [4.78, 5) is 15.9. The molecule has 0 spiro atoms. The van der Waals surface area contributed by atoms with Crippen molar-refractivity contribution in [2.45, 2.75) is 25.4 Å². The van der Waals surface area contributed by atoms with Crippen molar-refractivity contribution in [2.75, 3.05) is 56.2 Å². The lowest BCUT2D eigenvalue weighted by atomic mass is 10.0. The highest BCUT2D eigenvalue weighted by Gasteiger charge is 2.24. The normalized spacial score (nSPS) is 18.8. The van der Waals surface area contributed by atoms with Crippen molar-refractivity contribution in [3.8, 4) is 0 Å². The van der Waals surface area contributed by atoms with E-state index in [-0.39, 0.29) is 0 Å². The summed E-state index contributed by atoms with van der Waals surface area (Å²) in [5.74, 6) is 0.112. The number of hydrogen-bond donors (Lipinski definition) is 0. The average Bonchev–Trinajstić information content (AvgIpc) is 2.77. The van der Waals surface area contributed by atoms with Crippen LogP contribution in [0.25, 0.3) is 0 Å². The van der Waals surface area contributed by atoms with Gasteiger partial charge in [0.2, 0.25) is 5.95 Å². The van der Waals surface area contributed by atoms with Crippen molar-refractivity contribution < 1.29 is 13.5 Å². The van der Waals surface area contributed by atoms with Gasteiger partial charge in [-0.1, -0.05) is 6.07 Å². The van der Waals surface area contributed by atoms with Gasteiger partial charge in [-0.25, -0.2) is 13.8 Å². The number of nitrogens with zero attached hydrogens (tertiary/aromatic N) is 5. The largest absolute Gasteiger partial charge is 0.378 e. The number of ether oxygens (including phenoxy) is 1. The third-order valence-electron chi connectivity index (χ3n) is 5.78. The Labute approximate surface area is 170 Å². The second-order valence-corrected chi connectivity index (χ2v) is 7.68. The molecule has 4 rings (SSSR count). The van der Waals surface area contributed by atoms with Crippen LogP contribution in [0.15, 0.2) is 30.5 Å². The van der Waals surface area contributed by atoms with Crippen LogP contribution in [-0.2, 0) is 11.3 Å². The standard InChI is InChI=1S/C21H27F2N5O/c1-26(20-4-7-24-21(25-20)28-10-12-29-13-11-28)17-5-8-27(9-6-17)15-16-2-3-18(22)19(23)14-16/h2-4,7,14,17H,5-6,8-13,15H2,1H3. The van der Waals surface area contributed by atoms with Crippen LogP contribution in [0.5, 0.6) is 0 Å². The molecule has 2 aliphatic heterocycles. The molecule has 1 aromatic carbocycles. The van der Waals surface area contributed by atoms with Crippen LogP contribution in [0.1, 0.15) is 18.4 Å². The van der Waals surface area contributed by atoms with Crippen LogP contribution >= 0.6 is 0 Å². The Morgan fingerprint density at radius 2 is 1.83 bits per heavy atom. The fourth-order valence-electron chi connectivity index (χ4n) is 4.00. The Hall–Kier alpha value is -2.32. The van der Waals surface area contributed by atoms with Gasteiger partial charge in [0.15, 0.2) is 11.6 Å². The molecular formula is C21H27F2N5O. The van der Waals surface area contributed by atoms with Crippen LogP contribution in [0.3, 0.4) is 0 Å². The van der Waals surface area contributed by atoms with Gasteiger partial charge in [-0.05, 0) is 36.6 Å². The highest BCUT2D eigenvalue weighted by molar-refractivity contribution is 5.44. The third kappa shape index (κ3) is 4.82. The van der Waals surface area contributed by atoms with E-state index in [1.54, 1.807) is 6.07 Å². The van der Waals surface area contributed by atoms with Crippen LogP contribution in [0.2, 0.25) is 0 Å². The summed E-state index contributed by atoms with van der Waals surface area (Å²) in [6.45, 7) is 5.51. The van der Waals surface area contributed by atoms with Gasteiger partial charge in [0.05, 0.1) is 13.2 Å². The van der Waals surface area contributed by atoms with Gasteiger partial charge >= 0.3 is 0 Å². The lowest BCUT2D eigenvalue weighted by Gasteiger charge is -2.37. The number of piperidine rings is 1. The number of aromatic nitrogens is 2. The van der Waals surface area contributed by atoms with Crippen molar-refractivity contribution in [3.05, 3.63) is 47.7 Å². The molecule has 2 fully saturated rings. The van der Waals surface area contributed by atoms with Gasteiger partial charge in [0.25, 0.3) is 0 Å². The molecule has 0 unspecified atom stereocenters. The highest BCUT2D eigenvalue weighted by atomic mass is 19.2. The highest BCUT2D eigenvalue weighted by Crippen LogP contribution is 2.23. The molecule has 6 nitrogen and oxygen atoms in total. The smallest absolute Gasteiger partial charge is 0.227 e. The number of hydrogen-bond acceptors (Lipinski definition) is 6. The molecule has 156 valence electrons. The molecule has 0 bridgehead atoms. The maximum absolute atomic E-state index is 13.4. The maximum atomic E-state index is 13.4. The van der Waals surface area contributed by atoms with Crippen LogP contribution in [0, 0.1) is 11.6 Å². The van der Waals surface area contributed by atoms with Gasteiger partial charge in [-0.2, -0.15) is 4.98 Å². The molecule has 0 N–H and O–H groups in total. The zero-order chi connectivity index (χ0) is 20.2. The number of rotatable bonds is 5. The first-order valence-corrected chi connectivity index (χ1v) is 10.1. The first kappa shape index (κ1) is 20.0. The van der Waals surface area contributed by atoms with E-state index in [4.69, 9.17) is 9.72 Å². The minimum atomic E-state index is -0.796. The molecule has 0 amide bonds. The summed E-state index contributed by atoms with van der Waals surface area (Å²) in [6, 6.07) is 6.50. The molecule has 2 aromatic rings. The second-order valence-electron chi connectivity index (χ2n) is 7.68. The van der Waals surface area contributed by atoms with Crippen LogP contribution < -0.4 is 9.80 Å². The predicted molar refractivity (Wildman–Crippen MR) is 108 cm³/mol. The van der Waals surface area contributed by atoms with E-state index in [0.29, 0.717) is 25.8 Å². The van der Waals surface area contributed by atoms with Gasteiger partial charge in [0, 0.05) is 52.0 Å². The molecule has 0 radical (unpaired) electrons. The maximum Gasteiger partial charge on any atom is 0.227 e. The van der Waals surface area contributed by atoms with Gasteiger partial charge < -0.3 is 14.5 Å². The Bertz CT molecular complexity index is 822. The van der Waals surface area contributed by atoms with E-state index >= 15 is 0 Å². The van der Waals surface area contributed by atoms with Gasteiger partial charge in [-0.15, -0.1) is 0 Å². The minimum Gasteiger partial charge on any atom is -0.378 e. The summed E-state index contributed by atoms with van der Waals surface area (Å²) < 4.78 is 32.0. The van der Waals surface area contributed by atoms with Crippen LogP contribution in [0.4, 0.5) is 20.5 Å². The molecule has 2 saturated heterocycles. The Morgan fingerprint density at radius 3 is 2.55 bits per heavy atom. The molecule has 3 heterocycles. The monoisotopic (exact) mass is 403 g/mol. The average molecular weight is 403 g/mol. The molecule has 1 aromatic heterocycles. The van der Waals surface area contributed by atoms with Crippen molar-refractivity contribution in [1.82, 2.24) is 14.9 Å². The molecule has 8 heteroatoms. The summed E-state index contributed by atoms with van der Waals surface area (Å²) in [7, 11) is 2.08. The molecule has 0 saturated carbocycles. The van der Waals surface area contributed by atoms with E-state index in [2.05, 4.69) is 26.7 Å². The van der Waals surface area contributed by atoms with E-state index in [9.17, 15) is 8.78 Å². The van der Waals surface area contributed by atoms with Gasteiger partial charge in [0.1, 0.15) is 5.82 Å². The van der Waals surface area contributed by atoms with Crippen molar-refractivity contribution >= 4 is 11.8 Å². The van der Waals surface area contributed by atoms with E-state index in [1.807, 2.05) is 12.3 Å². The lowest BCUT2D eigenvalue weighted by Crippen LogP contribution is -2.43. The van der Waals surface area contributed by atoms with Crippen LogP contribution in [-0.4, -0.2) is 67.4 Å². The number of benzene rings is 1. The second kappa shape index (κ2) is 9.00. The summed E-state index contributed by atoms with van der Waals surface area (Å²) in [5.41, 5.74) is 0.807. The van der Waals surface area contributed by atoms with Crippen molar-refractivity contribution in [2.24, 2.45) is 0 Å². The summed E-state index contributed by atoms with van der Waals surface area (Å²) >= 11 is 0. The molecular weight excluding hydrogens is 376 g/mol. The Balaban J connectivity index is 1.34. The minimum absolute atomic E-state index is 0.392. The summed E-state index contributed by atoms with van der Waals surface area (Å²) in [6.07, 6.45) is 3.82. The molecule has 0 atom stereocenters. The van der Waals surface area contributed by atoms with E-state index in [1.165, 1.54) is 12.1 Å². The molecule has 29 heavy (non-hydrogen) atoms. The van der Waals surface area contributed by atoms with E-state index < -0.39 is 11.6 Å².